The van der Waals surface area contributed by atoms with E-state index in [1.54, 1.807) is 23.4 Å². The van der Waals surface area contributed by atoms with Gasteiger partial charge in [0, 0.05) is 29.6 Å². The second-order valence-electron chi connectivity index (χ2n) is 4.46. The molecule has 0 aliphatic carbocycles. The zero-order chi connectivity index (χ0) is 14.7. The van der Waals surface area contributed by atoms with Crippen molar-refractivity contribution < 1.29 is 4.79 Å². The smallest absolute Gasteiger partial charge is 0.277 e. The van der Waals surface area contributed by atoms with E-state index in [0.29, 0.717) is 23.7 Å². The molecule has 20 heavy (non-hydrogen) atoms. The van der Waals surface area contributed by atoms with Crippen molar-refractivity contribution in [2.24, 2.45) is 5.73 Å². The van der Waals surface area contributed by atoms with E-state index in [2.05, 4.69) is 4.98 Å². The molecule has 0 bridgehead atoms. The number of thiazole rings is 1. The molecule has 106 valence electrons. The van der Waals surface area contributed by atoms with Crippen LogP contribution >= 0.6 is 22.9 Å². The Balaban J connectivity index is 2.20. The van der Waals surface area contributed by atoms with Gasteiger partial charge in [0.2, 0.25) is 0 Å². The molecule has 0 spiro atoms. The number of rotatable bonds is 4. The summed E-state index contributed by atoms with van der Waals surface area (Å²) in [5.74, 6) is -0.149. The summed E-state index contributed by atoms with van der Waals surface area (Å²) in [4.78, 5) is 18.2. The van der Waals surface area contributed by atoms with Gasteiger partial charge in [0.25, 0.3) is 5.91 Å². The van der Waals surface area contributed by atoms with Crippen molar-refractivity contribution in [1.29, 1.82) is 0 Å². The SMILES string of the molecule is Cc1ccc(N(C)C(=O)c2csc(CCN)n2)cc1Cl. The Bertz CT molecular complexity index is 627. The number of aryl methyl sites for hydroxylation is 1. The van der Waals surface area contributed by atoms with Gasteiger partial charge < -0.3 is 10.6 Å². The number of carbonyl (C=O) groups is 1. The van der Waals surface area contributed by atoms with Crippen LogP contribution in [-0.4, -0.2) is 24.5 Å². The van der Waals surface area contributed by atoms with Gasteiger partial charge >= 0.3 is 0 Å². The molecule has 1 amide bonds. The Morgan fingerprint density at radius 2 is 2.25 bits per heavy atom. The molecule has 2 N–H and O–H groups in total. The fraction of sp³-hybridized carbons (Fsp3) is 0.286. The molecule has 0 aliphatic heterocycles. The highest BCUT2D eigenvalue weighted by Gasteiger charge is 2.17. The molecular formula is C14H16ClN3OS. The number of carbonyl (C=O) groups excluding carboxylic acids is 1. The van der Waals surface area contributed by atoms with Crippen molar-refractivity contribution >= 4 is 34.5 Å². The largest absolute Gasteiger partial charge is 0.330 e. The van der Waals surface area contributed by atoms with Crippen LogP contribution in [0, 0.1) is 6.92 Å². The Kier molecular flexibility index (Phi) is 4.75. The molecule has 0 aliphatic rings. The normalized spacial score (nSPS) is 10.6. The van der Waals surface area contributed by atoms with Gasteiger partial charge in [0.15, 0.2) is 0 Å². The van der Waals surface area contributed by atoms with Gasteiger partial charge in [-0.05, 0) is 31.2 Å². The van der Waals surface area contributed by atoms with E-state index < -0.39 is 0 Å². The van der Waals surface area contributed by atoms with Crippen molar-refractivity contribution in [3.63, 3.8) is 0 Å². The lowest BCUT2D eigenvalue weighted by molar-refractivity contribution is 0.0989. The summed E-state index contributed by atoms with van der Waals surface area (Å²) in [5.41, 5.74) is 7.66. The number of hydrogen-bond donors (Lipinski definition) is 1. The first-order valence-corrected chi connectivity index (χ1v) is 7.47. The predicted molar refractivity (Wildman–Crippen MR) is 83.8 cm³/mol. The second-order valence-corrected chi connectivity index (χ2v) is 5.81. The van der Waals surface area contributed by atoms with E-state index in [1.807, 2.05) is 19.1 Å². The van der Waals surface area contributed by atoms with Crippen LogP contribution in [0.4, 0.5) is 5.69 Å². The number of nitrogens with zero attached hydrogens (tertiary/aromatic N) is 2. The lowest BCUT2D eigenvalue weighted by Crippen LogP contribution is -2.26. The fourth-order valence-corrected chi connectivity index (χ4v) is 2.69. The Morgan fingerprint density at radius 3 is 2.90 bits per heavy atom. The minimum absolute atomic E-state index is 0.149. The van der Waals surface area contributed by atoms with Crippen LogP contribution in [0.3, 0.4) is 0 Å². The van der Waals surface area contributed by atoms with Crippen LogP contribution in [0.2, 0.25) is 5.02 Å². The number of hydrogen-bond acceptors (Lipinski definition) is 4. The number of halogens is 1. The summed E-state index contributed by atoms with van der Waals surface area (Å²) in [6, 6.07) is 5.54. The zero-order valence-electron chi connectivity index (χ0n) is 11.4. The number of amides is 1. The van der Waals surface area contributed by atoms with E-state index in [9.17, 15) is 4.79 Å². The summed E-state index contributed by atoms with van der Waals surface area (Å²) in [6.45, 7) is 2.46. The minimum Gasteiger partial charge on any atom is -0.330 e. The van der Waals surface area contributed by atoms with E-state index in [-0.39, 0.29) is 5.91 Å². The highest BCUT2D eigenvalue weighted by Crippen LogP contribution is 2.23. The van der Waals surface area contributed by atoms with Gasteiger partial charge in [-0.25, -0.2) is 4.98 Å². The standard InChI is InChI=1S/C14H16ClN3OS/c1-9-3-4-10(7-11(9)15)18(2)14(19)12-8-20-13(17-12)5-6-16/h3-4,7-8H,5-6,16H2,1-2H3. The third-order valence-corrected chi connectivity index (χ3v) is 4.29. The lowest BCUT2D eigenvalue weighted by Gasteiger charge is -2.16. The molecular weight excluding hydrogens is 294 g/mol. The Labute approximate surface area is 127 Å². The van der Waals surface area contributed by atoms with Gasteiger partial charge in [-0.15, -0.1) is 11.3 Å². The Hall–Kier alpha value is -1.43. The molecule has 1 heterocycles. The molecule has 1 aromatic heterocycles. The molecule has 0 radical (unpaired) electrons. The summed E-state index contributed by atoms with van der Waals surface area (Å²) in [6.07, 6.45) is 0.692. The predicted octanol–water partition coefficient (Wildman–Crippen LogP) is 2.88. The monoisotopic (exact) mass is 309 g/mol. The topological polar surface area (TPSA) is 59.2 Å². The maximum Gasteiger partial charge on any atom is 0.277 e. The molecule has 4 nitrogen and oxygen atoms in total. The quantitative estimate of drug-likeness (QED) is 0.944. The highest BCUT2D eigenvalue weighted by molar-refractivity contribution is 7.09. The summed E-state index contributed by atoms with van der Waals surface area (Å²) in [7, 11) is 1.71. The molecule has 0 unspecified atom stereocenters. The van der Waals surface area contributed by atoms with Crippen molar-refractivity contribution in [3.8, 4) is 0 Å². The molecule has 0 atom stereocenters. The molecule has 2 rings (SSSR count). The van der Waals surface area contributed by atoms with Gasteiger partial charge in [0.1, 0.15) is 5.69 Å². The summed E-state index contributed by atoms with van der Waals surface area (Å²) < 4.78 is 0. The van der Waals surface area contributed by atoms with E-state index in [4.69, 9.17) is 17.3 Å². The van der Waals surface area contributed by atoms with Crippen LogP contribution in [0.25, 0.3) is 0 Å². The van der Waals surface area contributed by atoms with Gasteiger partial charge in [0.05, 0.1) is 5.01 Å². The minimum atomic E-state index is -0.149. The maximum atomic E-state index is 12.4. The maximum absolute atomic E-state index is 12.4. The number of anilines is 1. The van der Waals surface area contributed by atoms with Gasteiger partial charge in [-0.1, -0.05) is 17.7 Å². The first kappa shape index (κ1) is 15.0. The first-order chi connectivity index (χ1) is 9.52. The Morgan fingerprint density at radius 1 is 1.50 bits per heavy atom. The van der Waals surface area contributed by atoms with Crippen molar-refractivity contribution in [3.05, 3.63) is 44.9 Å². The van der Waals surface area contributed by atoms with Crippen LogP contribution < -0.4 is 10.6 Å². The summed E-state index contributed by atoms with van der Waals surface area (Å²) >= 11 is 7.54. The fourth-order valence-electron chi connectivity index (χ4n) is 1.73. The van der Waals surface area contributed by atoms with E-state index >= 15 is 0 Å². The van der Waals surface area contributed by atoms with Gasteiger partial charge in [-0.3, -0.25) is 4.79 Å². The van der Waals surface area contributed by atoms with Crippen LogP contribution in [0.15, 0.2) is 23.6 Å². The third kappa shape index (κ3) is 3.17. The number of nitrogens with two attached hydrogens (primary N) is 1. The molecule has 6 heteroatoms. The molecule has 0 fully saturated rings. The van der Waals surface area contributed by atoms with E-state index in [0.717, 1.165) is 16.3 Å². The van der Waals surface area contributed by atoms with Crippen molar-refractivity contribution in [2.45, 2.75) is 13.3 Å². The zero-order valence-corrected chi connectivity index (χ0v) is 13.0. The van der Waals surface area contributed by atoms with Crippen LogP contribution in [0.5, 0.6) is 0 Å². The lowest BCUT2D eigenvalue weighted by atomic mass is 10.2. The third-order valence-electron chi connectivity index (χ3n) is 2.98. The molecule has 0 saturated heterocycles. The average Bonchev–Trinajstić information content (AvgIpc) is 2.89. The first-order valence-electron chi connectivity index (χ1n) is 6.21. The van der Waals surface area contributed by atoms with Crippen molar-refractivity contribution in [1.82, 2.24) is 4.98 Å². The highest BCUT2D eigenvalue weighted by atomic mass is 35.5. The molecule has 1 aromatic carbocycles. The average molecular weight is 310 g/mol. The molecule has 0 saturated carbocycles. The number of benzene rings is 1. The van der Waals surface area contributed by atoms with Crippen LogP contribution in [-0.2, 0) is 6.42 Å². The number of aromatic nitrogens is 1. The molecule has 2 aromatic rings. The van der Waals surface area contributed by atoms with Gasteiger partial charge in [-0.2, -0.15) is 0 Å². The summed E-state index contributed by atoms with van der Waals surface area (Å²) in [5, 5.41) is 3.29. The van der Waals surface area contributed by atoms with Crippen molar-refractivity contribution in [2.75, 3.05) is 18.5 Å². The second kappa shape index (κ2) is 6.35. The van der Waals surface area contributed by atoms with E-state index in [1.165, 1.54) is 11.3 Å². The van der Waals surface area contributed by atoms with Crippen LogP contribution in [0.1, 0.15) is 21.1 Å².